The standard InChI is InChI=1S/C15H19FN2O2S/c1-11-9-13(16)10-12(2)15(11)21(19,20)18(8-7-17)14-5-3-4-6-14/h9-10,14H,3-6,8H2,1-2H3. The summed E-state index contributed by atoms with van der Waals surface area (Å²) < 4.78 is 40.5. The van der Waals surface area contributed by atoms with Crippen LogP contribution >= 0.6 is 0 Å². The third-order valence-electron chi connectivity index (χ3n) is 3.95. The lowest BCUT2D eigenvalue weighted by atomic mass is 10.1. The molecule has 0 N–H and O–H groups in total. The fourth-order valence-electron chi connectivity index (χ4n) is 3.09. The van der Waals surface area contributed by atoms with Crippen LogP contribution in [-0.4, -0.2) is 25.3 Å². The van der Waals surface area contributed by atoms with E-state index in [1.54, 1.807) is 13.8 Å². The summed E-state index contributed by atoms with van der Waals surface area (Å²) in [7, 11) is -3.78. The summed E-state index contributed by atoms with van der Waals surface area (Å²) in [5.74, 6) is -0.448. The maximum atomic E-state index is 13.4. The number of rotatable bonds is 4. The number of sulfonamides is 1. The Balaban J connectivity index is 2.51. The number of nitriles is 1. The highest BCUT2D eigenvalue weighted by atomic mass is 32.2. The van der Waals surface area contributed by atoms with Crippen LogP contribution in [0.25, 0.3) is 0 Å². The molecule has 0 saturated heterocycles. The van der Waals surface area contributed by atoms with Gasteiger partial charge >= 0.3 is 0 Å². The minimum absolute atomic E-state index is 0.126. The van der Waals surface area contributed by atoms with Crippen LogP contribution in [0.15, 0.2) is 17.0 Å². The first-order valence-corrected chi connectivity index (χ1v) is 8.47. The van der Waals surface area contributed by atoms with Crippen LogP contribution in [0.2, 0.25) is 0 Å². The van der Waals surface area contributed by atoms with Crippen molar-refractivity contribution in [3.8, 4) is 6.07 Å². The van der Waals surface area contributed by atoms with Gasteiger partial charge in [-0.15, -0.1) is 0 Å². The highest BCUT2D eigenvalue weighted by Gasteiger charge is 2.34. The molecule has 0 atom stereocenters. The third kappa shape index (κ3) is 3.09. The van der Waals surface area contributed by atoms with Crippen LogP contribution < -0.4 is 0 Å². The van der Waals surface area contributed by atoms with Crippen LogP contribution in [0.1, 0.15) is 36.8 Å². The maximum Gasteiger partial charge on any atom is 0.244 e. The highest BCUT2D eigenvalue weighted by molar-refractivity contribution is 7.89. The molecule has 0 aliphatic heterocycles. The van der Waals surface area contributed by atoms with Crippen molar-refractivity contribution in [2.75, 3.05) is 6.54 Å². The average molecular weight is 310 g/mol. The Hall–Kier alpha value is -1.45. The smallest absolute Gasteiger partial charge is 0.207 e. The topological polar surface area (TPSA) is 61.2 Å². The molecule has 0 bridgehead atoms. The molecule has 0 spiro atoms. The summed E-state index contributed by atoms with van der Waals surface area (Å²) in [5, 5.41) is 8.97. The zero-order valence-electron chi connectivity index (χ0n) is 12.3. The molecule has 1 saturated carbocycles. The zero-order valence-corrected chi connectivity index (χ0v) is 13.1. The lowest BCUT2D eigenvalue weighted by Gasteiger charge is -2.27. The Morgan fingerprint density at radius 3 is 2.29 bits per heavy atom. The maximum absolute atomic E-state index is 13.4. The molecule has 0 radical (unpaired) electrons. The first-order chi connectivity index (χ1) is 9.87. The molecule has 0 heterocycles. The molecule has 1 aromatic carbocycles. The molecule has 0 unspecified atom stereocenters. The summed E-state index contributed by atoms with van der Waals surface area (Å²) in [4.78, 5) is 0.131. The van der Waals surface area contributed by atoms with Crippen molar-refractivity contribution in [2.24, 2.45) is 0 Å². The molecule has 0 amide bonds. The molecule has 6 heteroatoms. The lowest BCUT2D eigenvalue weighted by molar-refractivity contribution is 0.350. The molecule has 1 aliphatic carbocycles. The van der Waals surface area contributed by atoms with Crippen LogP contribution in [0.3, 0.4) is 0 Å². The zero-order chi connectivity index (χ0) is 15.6. The number of hydrogen-bond donors (Lipinski definition) is 0. The largest absolute Gasteiger partial charge is 0.244 e. The van der Waals surface area contributed by atoms with E-state index in [0.29, 0.717) is 11.1 Å². The Kier molecular flexibility index (Phi) is 4.64. The van der Waals surface area contributed by atoms with Crippen molar-refractivity contribution in [3.05, 3.63) is 29.1 Å². The van der Waals surface area contributed by atoms with Crippen molar-refractivity contribution in [3.63, 3.8) is 0 Å². The van der Waals surface area contributed by atoms with Gasteiger partial charge in [-0.2, -0.15) is 9.57 Å². The normalized spacial score (nSPS) is 16.3. The van der Waals surface area contributed by atoms with Crippen LogP contribution in [-0.2, 0) is 10.0 Å². The van der Waals surface area contributed by atoms with Gasteiger partial charge in [-0.1, -0.05) is 12.8 Å². The molecule has 21 heavy (non-hydrogen) atoms. The SMILES string of the molecule is Cc1cc(F)cc(C)c1S(=O)(=O)N(CC#N)C1CCCC1. The summed E-state index contributed by atoms with van der Waals surface area (Å²) >= 11 is 0. The van der Waals surface area contributed by atoms with Gasteiger partial charge in [0.05, 0.1) is 11.0 Å². The van der Waals surface area contributed by atoms with Gasteiger partial charge in [0.2, 0.25) is 10.0 Å². The van der Waals surface area contributed by atoms with E-state index in [1.807, 2.05) is 6.07 Å². The van der Waals surface area contributed by atoms with E-state index in [2.05, 4.69) is 0 Å². The van der Waals surface area contributed by atoms with E-state index >= 15 is 0 Å². The molecular weight excluding hydrogens is 291 g/mol. The molecule has 1 aromatic rings. The van der Waals surface area contributed by atoms with E-state index in [-0.39, 0.29) is 17.5 Å². The summed E-state index contributed by atoms with van der Waals surface area (Å²) in [5.41, 5.74) is 0.766. The minimum atomic E-state index is -3.78. The molecule has 2 rings (SSSR count). The lowest BCUT2D eigenvalue weighted by Crippen LogP contribution is -2.39. The molecule has 0 aromatic heterocycles. The van der Waals surface area contributed by atoms with Crippen molar-refractivity contribution < 1.29 is 12.8 Å². The van der Waals surface area contributed by atoms with E-state index in [9.17, 15) is 12.8 Å². The summed E-state index contributed by atoms with van der Waals surface area (Å²) in [6.45, 7) is 3.01. The predicted molar refractivity (Wildman–Crippen MR) is 77.6 cm³/mol. The molecule has 114 valence electrons. The van der Waals surface area contributed by atoms with Gasteiger partial charge in [-0.05, 0) is 49.9 Å². The van der Waals surface area contributed by atoms with Crippen molar-refractivity contribution in [1.29, 1.82) is 5.26 Å². The number of nitrogens with zero attached hydrogens (tertiary/aromatic N) is 2. The minimum Gasteiger partial charge on any atom is -0.207 e. The Labute approximate surface area is 125 Å². The van der Waals surface area contributed by atoms with E-state index < -0.39 is 15.8 Å². The van der Waals surface area contributed by atoms with Crippen molar-refractivity contribution in [2.45, 2.75) is 50.5 Å². The number of hydrogen-bond acceptors (Lipinski definition) is 3. The first kappa shape index (κ1) is 15.9. The first-order valence-electron chi connectivity index (χ1n) is 7.03. The predicted octanol–water partition coefficient (Wildman–Crippen LogP) is 2.90. The van der Waals surface area contributed by atoms with Crippen LogP contribution in [0.4, 0.5) is 4.39 Å². The summed E-state index contributed by atoms with van der Waals surface area (Å²) in [6, 6.07) is 4.26. The summed E-state index contributed by atoms with van der Waals surface area (Å²) in [6.07, 6.45) is 3.51. The Bertz CT molecular complexity index is 650. The number of benzene rings is 1. The monoisotopic (exact) mass is 310 g/mol. The van der Waals surface area contributed by atoms with Gasteiger partial charge in [-0.3, -0.25) is 0 Å². The fraction of sp³-hybridized carbons (Fsp3) is 0.533. The number of aryl methyl sites for hydroxylation is 2. The molecule has 1 aliphatic rings. The van der Waals surface area contributed by atoms with Gasteiger partial charge in [0.25, 0.3) is 0 Å². The second-order valence-corrected chi connectivity index (χ2v) is 7.34. The van der Waals surface area contributed by atoms with Gasteiger partial charge in [0.15, 0.2) is 0 Å². The second kappa shape index (κ2) is 6.12. The van der Waals surface area contributed by atoms with E-state index in [4.69, 9.17) is 5.26 Å². The van der Waals surface area contributed by atoms with Crippen molar-refractivity contribution in [1.82, 2.24) is 4.31 Å². The van der Waals surface area contributed by atoms with E-state index in [1.165, 1.54) is 16.4 Å². The second-order valence-electron chi connectivity index (χ2n) is 5.52. The Morgan fingerprint density at radius 1 is 1.29 bits per heavy atom. The highest BCUT2D eigenvalue weighted by Crippen LogP contribution is 2.31. The quantitative estimate of drug-likeness (QED) is 0.803. The number of halogens is 1. The average Bonchev–Trinajstić information content (AvgIpc) is 2.87. The molecule has 4 nitrogen and oxygen atoms in total. The molecular formula is C15H19FN2O2S. The van der Waals surface area contributed by atoms with Gasteiger partial charge in [-0.25, -0.2) is 12.8 Å². The third-order valence-corrected chi connectivity index (χ3v) is 6.15. The van der Waals surface area contributed by atoms with Gasteiger partial charge < -0.3 is 0 Å². The van der Waals surface area contributed by atoms with E-state index in [0.717, 1.165) is 25.7 Å². The molecule has 1 fully saturated rings. The van der Waals surface area contributed by atoms with Gasteiger partial charge in [0, 0.05) is 6.04 Å². The van der Waals surface area contributed by atoms with Gasteiger partial charge in [0.1, 0.15) is 12.4 Å². The van der Waals surface area contributed by atoms with Crippen LogP contribution in [0.5, 0.6) is 0 Å². The van der Waals surface area contributed by atoms with Crippen molar-refractivity contribution >= 4 is 10.0 Å². The Morgan fingerprint density at radius 2 is 1.81 bits per heavy atom. The van der Waals surface area contributed by atoms with Crippen LogP contribution in [0, 0.1) is 31.0 Å². The fourth-order valence-corrected chi connectivity index (χ4v) is 5.09.